The Hall–Kier alpha value is -5.07. The Kier molecular flexibility index (Phi) is 6.10. The Morgan fingerprint density at radius 3 is 0.900 bits per heavy atom. The lowest BCUT2D eigenvalue weighted by Crippen LogP contribution is -2.51. The van der Waals surface area contributed by atoms with Gasteiger partial charge in [0.2, 0.25) is 13.4 Å². The molecule has 0 saturated heterocycles. The second-order valence-electron chi connectivity index (χ2n) is 15.8. The summed E-state index contributed by atoms with van der Waals surface area (Å²) in [5, 5.41) is 8.22. The van der Waals surface area contributed by atoms with Crippen molar-refractivity contribution in [2.75, 3.05) is 0 Å². The fourth-order valence-electron chi connectivity index (χ4n) is 10.6. The highest BCUT2D eigenvalue weighted by molar-refractivity contribution is 7.01. The standard InChI is InChI=1S/C48H40B2/c1-25-17-29(5)45-37(21-25)38-22-26(2)18-30(6)46(38)49(45)41-15-11-33-9-10-34-12-16-42(36-14-13-35(41)43(33)44(34)36)50-47-31(7)19-27(3)23-39(47)40-24-28(4)20-32(8)48(40)50/h9-24H,1-8H3. The van der Waals surface area contributed by atoms with Gasteiger partial charge in [0, 0.05) is 0 Å². The topological polar surface area (TPSA) is 0 Å². The van der Waals surface area contributed by atoms with Crippen molar-refractivity contribution in [2.24, 2.45) is 0 Å². The van der Waals surface area contributed by atoms with E-state index in [4.69, 9.17) is 0 Å². The van der Waals surface area contributed by atoms with Gasteiger partial charge in [0.15, 0.2) is 0 Å². The summed E-state index contributed by atoms with van der Waals surface area (Å²) >= 11 is 0. The fourth-order valence-corrected chi connectivity index (χ4v) is 10.6. The zero-order valence-corrected chi connectivity index (χ0v) is 30.4. The molecule has 2 heteroatoms. The predicted molar refractivity (Wildman–Crippen MR) is 221 cm³/mol. The maximum Gasteiger partial charge on any atom is 0.244 e. The van der Waals surface area contributed by atoms with Crippen molar-refractivity contribution < 1.29 is 0 Å². The molecule has 0 amide bonds. The van der Waals surface area contributed by atoms with Crippen LogP contribution in [-0.4, -0.2) is 13.4 Å². The van der Waals surface area contributed by atoms with Gasteiger partial charge in [-0.3, -0.25) is 0 Å². The van der Waals surface area contributed by atoms with E-state index in [2.05, 4.69) is 152 Å². The third-order valence-electron chi connectivity index (χ3n) is 12.2. The molecule has 0 unspecified atom stereocenters. The van der Waals surface area contributed by atoms with Gasteiger partial charge in [-0.1, -0.05) is 174 Å². The van der Waals surface area contributed by atoms with E-state index < -0.39 is 0 Å². The maximum atomic E-state index is 2.47. The molecule has 0 atom stereocenters. The van der Waals surface area contributed by atoms with Crippen molar-refractivity contribution in [2.45, 2.75) is 55.4 Å². The highest BCUT2D eigenvalue weighted by atomic mass is 14.3. The molecule has 2 aliphatic heterocycles. The summed E-state index contributed by atoms with van der Waals surface area (Å²) in [7, 11) is 0. The van der Waals surface area contributed by atoms with Gasteiger partial charge in [-0.2, -0.15) is 0 Å². The lowest BCUT2D eigenvalue weighted by atomic mass is 9.36. The van der Waals surface area contributed by atoms with E-state index in [-0.39, 0.29) is 13.4 Å². The van der Waals surface area contributed by atoms with Gasteiger partial charge in [-0.05, 0) is 110 Å². The van der Waals surface area contributed by atoms with Crippen LogP contribution in [0.1, 0.15) is 44.5 Å². The molecule has 8 aromatic carbocycles. The van der Waals surface area contributed by atoms with Crippen LogP contribution < -0.4 is 32.8 Å². The van der Waals surface area contributed by atoms with Crippen molar-refractivity contribution in [3.05, 3.63) is 142 Å². The van der Waals surface area contributed by atoms with Crippen LogP contribution in [0.5, 0.6) is 0 Å². The molecule has 0 spiro atoms. The van der Waals surface area contributed by atoms with Crippen LogP contribution in [-0.2, 0) is 0 Å². The number of hydrogen-bond donors (Lipinski definition) is 0. The Morgan fingerprint density at radius 1 is 0.320 bits per heavy atom. The fraction of sp³-hybridized carbons (Fsp3) is 0.167. The molecule has 0 radical (unpaired) electrons. The number of aryl methyl sites for hydroxylation is 8. The third kappa shape index (κ3) is 3.91. The minimum absolute atomic E-state index is 0.204. The zero-order valence-electron chi connectivity index (χ0n) is 30.4. The first-order chi connectivity index (χ1) is 24.1. The summed E-state index contributed by atoms with van der Waals surface area (Å²) in [6, 6.07) is 38.5. The molecule has 0 nitrogen and oxygen atoms in total. The van der Waals surface area contributed by atoms with E-state index in [1.165, 1.54) is 132 Å². The third-order valence-corrected chi connectivity index (χ3v) is 12.2. The molecule has 8 aromatic rings. The normalized spacial score (nSPS) is 13.1. The largest absolute Gasteiger partial charge is 0.244 e. The Balaban J connectivity index is 1.28. The average Bonchev–Trinajstić information content (AvgIpc) is 3.57. The van der Waals surface area contributed by atoms with Crippen molar-refractivity contribution in [1.29, 1.82) is 0 Å². The van der Waals surface area contributed by atoms with Crippen LogP contribution in [0.15, 0.2) is 97.1 Å². The first-order valence-electron chi connectivity index (χ1n) is 18.2. The molecule has 10 rings (SSSR count). The molecule has 238 valence electrons. The molecule has 0 aliphatic carbocycles. The van der Waals surface area contributed by atoms with Crippen LogP contribution >= 0.6 is 0 Å². The second-order valence-corrected chi connectivity index (χ2v) is 15.8. The highest BCUT2D eigenvalue weighted by Gasteiger charge is 2.39. The van der Waals surface area contributed by atoms with Gasteiger partial charge in [0.25, 0.3) is 0 Å². The number of benzene rings is 8. The number of hydrogen-bond acceptors (Lipinski definition) is 0. The Bertz CT molecular complexity index is 2490. The quantitative estimate of drug-likeness (QED) is 0.133. The van der Waals surface area contributed by atoms with E-state index in [1.54, 1.807) is 0 Å². The SMILES string of the molecule is Cc1cc(C)c2c(c1)-c1cc(C)cc(C)c1B2c1ccc2ccc3ccc(B4c5c(C)cc(C)cc5-c5cc(C)cc(C)c54)c4ccc1c2c34. The minimum atomic E-state index is 0.204. The summed E-state index contributed by atoms with van der Waals surface area (Å²) in [5.74, 6) is 0. The van der Waals surface area contributed by atoms with Crippen molar-refractivity contribution in [1.82, 2.24) is 0 Å². The average molecular weight is 638 g/mol. The van der Waals surface area contributed by atoms with Gasteiger partial charge >= 0.3 is 0 Å². The molecule has 0 saturated carbocycles. The Morgan fingerprint density at radius 2 is 0.600 bits per heavy atom. The molecular formula is C48H40B2. The molecule has 0 bridgehead atoms. The smallest absolute Gasteiger partial charge is 0.0657 e. The van der Waals surface area contributed by atoms with E-state index in [0.29, 0.717) is 0 Å². The summed E-state index contributed by atoms with van der Waals surface area (Å²) in [4.78, 5) is 0. The first-order valence-corrected chi connectivity index (χ1v) is 18.2. The maximum absolute atomic E-state index is 2.47. The van der Waals surface area contributed by atoms with E-state index in [0.717, 1.165) is 0 Å². The molecular weight excluding hydrogens is 598 g/mol. The van der Waals surface area contributed by atoms with Crippen LogP contribution in [0, 0.1) is 55.4 Å². The number of fused-ring (bicyclic) bond motifs is 6. The summed E-state index contributed by atoms with van der Waals surface area (Å²) in [6.07, 6.45) is 0. The summed E-state index contributed by atoms with van der Waals surface area (Å²) < 4.78 is 0. The second kappa shape index (κ2) is 10.2. The molecule has 2 aliphatic rings. The van der Waals surface area contributed by atoms with E-state index >= 15 is 0 Å². The lowest BCUT2D eigenvalue weighted by molar-refractivity contribution is 1.40. The minimum Gasteiger partial charge on any atom is -0.0657 e. The van der Waals surface area contributed by atoms with Crippen molar-refractivity contribution in [3.63, 3.8) is 0 Å². The summed E-state index contributed by atoms with van der Waals surface area (Å²) in [6.45, 7) is 18.6. The molecule has 0 aromatic heterocycles. The van der Waals surface area contributed by atoms with Crippen LogP contribution in [0.4, 0.5) is 0 Å². The van der Waals surface area contributed by atoms with E-state index in [1.807, 2.05) is 0 Å². The van der Waals surface area contributed by atoms with Gasteiger partial charge in [0.1, 0.15) is 0 Å². The molecule has 0 fully saturated rings. The molecule has 2 heterocycles. The lowest BCUT2D eigenvalue weighted by Gasteiger charge is -2.22. The number of rotatable bonds is 2. The Labute approximate surface area is 296 Å². The zero-order chi connectivity index (χ0) is 34.3. The molecule has 50 heavy (non-hydrogen) atoms. The summed E-state index contributed by atoms with van der Waals surface area (Å²) in [5.41, 5.74) is 25.3. The van der Waals surface area contributed by atoms with Gasteiger partial charge in [0.05, 0.1) is 0 Å². The van der Waals surface area contributed by atoms with Gasteiger partial charge in [-0.25, -0.2) is 0 Å². The van der Waals surface area contributed by atoms with Crippen LogP contribution in [0.2, 0.25) is 0 Å². The van der Waals surface area contributed by atoms with Crippen LogP contribution in [0.25, 0.3) is 54.6 Å². The molecule has 0 N–H and O–H groups in total. The highest BCUT2D eigenvalue weighted by Crippen LogP contribution is 2.37. The monoisotopic (exact) mass is 638 g/mol. The predicted octanol–water partition coefficient (Wildman–Crippen LogP) is 8.04. The van der Waals surface area contributed by atoms with Gasteiger partial charge < -0.3 is 0 Å². The van der Waals surface area contributed by atoms with Crippen molar-refractivity contribution >= 4 is 78.5 Å². The first kappa shape index (κ1) is 29.8. The van der Waals surface area contributed by atoms with Crippen molar-refractivity contribution in [3.8, 4) is 22.3 Å². The van der Waals surface area contributed by atoms with Crippen LogP contribution in [0.3, 0.4) is 0 Å². The van der Waals surface area contributed by atoms with Gasteiger partial charge in [-0.15, -0.1) is 0 Å². The van der Waals surface area contributed by atoms with E-state index in [9.17, 15) is 0 Å².